The molecule has 0 aliphatic carbocycles. The van der Waals surface area contributed by atoms with Crippen LogP contribution in [0.2, 0.25) is 0 Å². The zero-order chi connectivity index (χ0) is 12.5. The van der Waals surface area contributed by atoms with Crippen molar-refractivity contribution >= 4 is 0 Å². The molecule has 4 atom stereocenters. The van der Waals surface area contributed by atoms with Gasteiger partial charge in [0.25, 0.3) is 0 Å². The predicted octanol–water partition coefficient (Wildman–Crippen LogP) is 2.16. The van der Waals surface area contributed by atoms with Crippen LogP contribution in [0.3, 0.4) is 0 Å². The van der Waals surface area contributed by atoms with Crippen molar-refractivity contribution in [3.8, 4) is 0 Å². The Balaban J connectivity index is 1.86. The monoisotopic (exact) mass is 250 g/mol. The van der Waals surface area contributed by atoms with Gasteiger partial charge in [0.2, 0.25) is 0 Å². The third-order valence-electron chi connectivity index (χ3n) is 4.34. The van der Waals surface area contributed by atoms with Gasteiger partial charge in [0, 0.05) is 0 Å². The van der Waals surface area contributed by atoms with Gasteiger partial charge < -0.3 is 10.6 Å². The first-order valence-corrected chi connectivity index (χ1v) is 6.49. The van der Waals surface area contributed by atoms with Crippen LogP contribution in [0.1, 0.15) is 26.2 Å². The van der Waals surface area contributed by atoms with Crippen molar-refractivity contribution in [2.45, 2.75) is 38.4 Å². The molecule has 17 heavy (non-hydrogen) atoms. The summed E-state index contributed by atoms with van der Waals surface area (Å²) in [5.41, 5.74) is 0. The first kappa shape index (κ1) is 13.1. The predicted molar refractivity (Wildman–Crippen MR) is 60.7 cm³/mol. The third kappa shape index (κ3) is 3.13. The van der Waals surface area contributed by atoms with Crippen molar-refractivity contribution in [2.24, 2.45) is 17.8 Å². The Morgan fingerprint density at radius 3 is 2.35 bits per heavy atom. The average molecular weight is 250 g/mol. The molecule has 0 bridgehead atoms. The molecule has 5 heteroatoms. The van der Waals surface area contributed by atoms with E-state index in [0.29, 0.717) is 30.7 Å². The van der Waals surface area contributed by atoms with Gasteiger partial charge in [-0.15, -0.1) is 0 Å². The molecule has 2 aliphatic rings. The molecule has 2 aliphatic heterocycles. The minimum absolute atomic E-state index is 0.234. The van der Waals surface area contributed by atoms with Crippen LogP contribution < -0.4 is 10.6 Å². The van der Waals surface area contributed by atoms with Crippen molar-refractivity contribution in [1.82, 2.24) is 10.6 Å². The maximum absolute atomic E-state index is 12.5. The minimum Gasteiger partial charge on any atom is -0.316 e. The van der Waals surface area contributed by atoms with Gasteiger partial charge >= 0.3 is 6.18 Å². The maximum Gasteiger partial charge on any atom is 0.403 e. The molecular weight excluding hydrogens is 229 g/mol. The standard InChI is InChI=1S/C12H21F3N2/c1-8-4-5-16-7-10(8)9-2-3-11(17-6-9)12(13,14)15/h8-11,16-17H,2-7H2,1H3. The highest BCUT2D eigenvalue weighted by Gasteiger charge is 2.43. The molecule has 0 amide bonds. The molecular formula is C12H21F3N2. The second-order valence-electron chi connectivity index (χ2n) is 5.47. The Hall–Kier alpha value is -0.290. The Morgan fingerprint density at radius 2 is 1.82 bits per heavy atom. The van der Waals surface area contributed by atoms with Crippen molar-refractivity contribution in [2.75, 3.05) is 19.6 Å². The highest BCUT2D eigenvalue weighted by molar-refractivity contribution is 4.89. The van der Waals surface area contributed by atoms with E-state index in [0.717, 1.165) is 19.5 Å². The summed E-state index contributed by atoms with van der Waals surface area (Å²) in [5.74, 6) is 1.56. The number of piperidine rings is 2. The third-order valence-corrected chi connectivity index (χ3v) is 4.34. The van der Waals surface area contributed by atoms with E-state index in [1.165, 1.54) is 0 Å². The highest BCUT2D eigenvalue weighted by Crippen LogP contribution is 2.34. The van der Waals surface area contributed by atoms with Crippen molar-refractivity contribution in [1.29, 1.82) is 0 Å². The molecule has 0 saturated carbocycles. The fourth-order valence-electron chi connectivity index (χ4n) is 3.17. The average Bonchev–Trinajstić information content (AvgIpc) is 2.29. The fraction of sp³-hybridized carbons (Fsp3) is 1.00. The van der Waals surface area contributed by atoms with Crippen molar-refractivity contribution in [3.05, 3.63) is 0 Å². The van der Waals surface area contributed by atoms with Crippen LogP contribution in [0.4, 0.5) is 13.2 Å². The minimum atomic E-state index is -4.08. The molecule has 2 rings (SSSR count). The van der Waals surface area contributed by atoms with Crippen LogP contribution in [0, 0.1) is 17.8 Å². The van der Waals surface area contributed by atoms with Crippen molar-refractivity contribution in [3.63, 3.8) is 0 Å². The van der Waals surface area contributed by atoms with Gasteiger partial charge in [-0.1, -0.05) is 6.92 Å². The van der Waals surface area contributed by atoms with E-state index in [9.17, 15) is 13.2 Å². The molecule has 0 aromatic heterocycles. The number of alkyl halides is 3. The SMILES string of the molecule is CC1CCNCC1C1CCC(C(F)(F)F)NC1. The van der Waals surface area contributed by atoms with Crippen LogP contribution in [0.15, 0.2) is 0 Å². The number of hydrogen-bond donors (Lipinski definition) is 2. The molecule has 2 nitrogen and oxygen atoms in total. The Labute approximate surface area is 100 Å². The van der Waals surface area contributed by atoms with Gasteiger partial charge in [0.15, 0.2) is 0 Å². The summed E-state index contributed by atoms with van der Waals surface area (Å²) < 4.78 is 37.5. The quantitative estimate of drug-likeness (QED) is 0.745. The number of nitrogens with one attached hydrogen (secondary N) is 2. The summed E-state index contributed by atoms with van der Waals surface area (Å²) >= 11 is 0. The topological polar surface area (TPSA) is 24.1 Å². The molecule has 2 N–H and O–H groups in total. The molecule has 4 unspecified atom stereocenters. The van der Waals surface area contributed by atoms with Gasteiger partial charge in [0.05, 0.1) is 0 Å². The molecule has 0 aromatic carbocycles. The lowest BCUT2D eigenvalue weighted by Crippen LogP contribution is -2.51. The van der Waals surface area contributed by atoms with Crippen LogP contribution >= 0.6 is 0 Å². The molecule has 2 saturated heterocycles. The molecule has 0 spiro atoms. The van der Waals surface area contributed by atoms with Crippen LogP contribution in [0.5, 0.6) is 0 Å². The molecule has 0 aromatic rings. The van der Waals surface area contributed by atoms with Gasteiger partial charge in [-0.3, -0.25) is 0 Å². The molecule has 0 radical (unpaired) electrons. The molecule has 100 valence electrons. The summed E-state index contributed by atoms with van der Waals surface area (Å²) in [6.07, 6.45) is -2.00. The second-order valence-corrected chi connectivity index (χ2v) is 5.47. The lowest BCUT2D eigenvalue weighted by atomic mass is 9.75. The van der Waals surface area contributed by atoms with E-state index in [2.05, 4.69) is 17.6 Å². The zero-order valence-electron chi connectivity index (χ0n) is 10.2. The Bertz CT molecular complexity index is 247. The van der Waals surface area contributed by atoms with Gasteiger partial charge in [-0.2, -0.15) is 13.2 Å². The second kappa shape index (κ2) is 5.14. The summed E-state index contributed by atoms with van der Waals surface area (Å²) in [5, 5.41) is 6.03. The number of halogens is 3. The van der Waals surface area contributed by atoms with E-state index in [1.54, 1.807) is 0 Å². The largest absolute Gasteiger partial charge is 0.403 e. The summed E-state index contributed by atoms with van der Waals surface area (Å²) in [7, 11) is 0. The molecule has 2 heterocycles. The highest BCUT2D eigenvalue weighted by atomic mass is 19.4. The summed E-state index contributed by atoms with van der Waals surface area (Å²) in [4.78, 5) is 0. The first-order valence-electron chi connectivity index (χ1n) is 6.49. The van der Waals surface area contributed by atoms with E-state index < -0.39 is 12.2 Å². The lowest BCUT2D eigenvalue weighted by Gasteiger charge is -2.40. The lowest BCUT2D eigenvalue weighted by molar-refractivity contribution is -0.163. The fourth-order valence-corrected chi connectivity index (χ4v) is 3.17. The molecule has 2 fully saturated rings. The van der Waals surface area contributed by atoms with Crippen LogP contribution in [-0.4, -0.2) is 31.9 Å². The van der Waals surface area contributed by atoms with Gasteiger partial charge in [-0.05, 0) is 56.7 Å². The number of rotatable bonds is 1. The Kier molecular flexibility index (Phi) is 3.98. The van der Waals surface area contributed by atoms with Gasteiger partial charge in [-0.25, -0.2) is 0 Å². The Morgan fingerprint density at radius 1 is 1.06 bits per heavy atom. The van der Waals surface area contributed by atoms with Crippen LogP contribution in [0.25, 0.3) is 0 Å². The zero-order valence-corrected chi connectivity index (χ0v) is 10.2. The smallest absolute Gasteiger partial charge is 0.316 e. The van der Waals surface area contributed by atoms with Crippen LogP contribution in [-0.2, 0) is 0 Å². The van der Waals surface area contributed by atoms with Crippen molar-refractivity contribution < 1.29 is 13.2 Å². The first-order chi connectivity index (χ1) is 7.98. The summed E-state index contributed by atoms with van der Waals surface area (Å²) in [6.45, 7) is 4.75. The van der Waals surface area contributed by atoms with E-state index in [4.69, 9.17) is 0 Å². The van der Waals surface area contributed by atoms with Gasteiger partial charge in [0.1, 0.15) is 6.04 Å². The van der Waals surface area contributed by atoms with E-state index in [1.807, 2.05) is 0 Å². The normalized spacial score (nSPS) is 40.2. The van der Waals surface area contributed by atoms with E-state index >= 15 is 0 Å². The summed E-state index contributed by atoms with van der Waals surface area (Å²) in [6, 6.07) is -1.29. The maximum atomic E-state index is 12.5. The van der Waals surface area contributed by atoms with E-state index in [-0.39, 0.29) is 6.42 Å². The number of hydrogen-bond acceptors (Lipinski definition) is 2.